The van der Waals surface area contributed by atoms with Crippen molar-refractivity contribution in [2.45, 2.75) is 19.8 Å². The number of anilines is 1. The Morgan fingerprint density at radius 2 is 1.58 bits per heavy atom. The summed E-state index contributed by atoms with van der Waals surface area (Å²) >= 11 is 0. The summed E-state index contributed by atoms with van der Waals surface area (Å²) in [6.45, 7) is 5.56. The van der Waals surface area contributed by atoms with Crippen LogP contribution in [0.1, 0.15) is 35.8 Å². The number of amides is 1. The molecule has 0 saturated carbocycles. The van der Waals surface area contributed by atoms with E-state index in [2.05, 4.69) is 4.98 Å². The van der Waals surface area contributed by atoms with Crippen molar-refractivity contribution < 1.29 is 23.0 Å². The van der Waals surface area contributed by atoms with Crippen LogP contribution in [0, 0.1) is 11.6 Å². The highest BCUT2D eigenvalue weighted by Crippen LogP contribution is 2.39. The minimum atomic E-state index is -0.361. The van der Waals surface area contributed by atoms with E-state index in [0.29, 0.717) is 65.5 Å². The molecule has 5 rings (SSSR count). The fraction of sp³-hybridized carbons (Fsp3) is 0.300. The molecule has 198 valence electrons. The molecule has 0 aliphatic carbocycles. The molecule has 1 fully saturated rings. The van der Waals surface area contributed by atoms with Gasteiger partial charge < -0.3 is 24.3 Å². The number of H-pyrrole nitrogens is 1. The molecule has 0 radical (unpaired) electrons. The van der Waals surface area contributed by atoms with Crippen molar-refractivity contribution in [3.63, 3.8) is 0 Å². The number of nitrogens with zero attached hydrogens (tertiary/aromatic N) is 2. The number of ether oxygens (including phenoxy) is 2. The molecule has 1 aliphatic heterocycles. The van der Waals surface area contributed by atoms with Crippen LogP contribution in [0.2, 0.25) is 0 Å². The number of fused-ring (bicyclic) bond motifs is 1. The van der Waals surface area contributed by atoms with E-state index in [1.165, 1.54) is 13.2 Å². The topological polar surface area (TPSA) is 57.8 Å². The first-order chi connectivity index (χ1) is 18.3. The zero-order chi connectivity index (χ0) is 27.0. The number of benzene rings is 3. The largest absolute Gasteiger partial charge is 0.496 e. The van der Waals surface area contributed by atoms with E-state index < -0.39 is 0 Å². The van der Waals surface area contributed by atoms with Crippen molar-refractivity contribution in [3.8, 4) is 22.6 Å². The van der Waals surface area contributed by atoms with Crippen molar-refractivity contribution in [3.05, 3.63) is 77.5 Å². The number of carbonyl (C=O) groups is 1. The van der Waals surface area contributed by atoms with E-state index in [1.54, 1.807) is 30.2 Å². The highest BCUT2D eigenvalue weighted by atomic mass is 19.1. The van der Waals surface area contributed by atoms with Gasteiger partial charge >= 0.3 is 0 Å². The normalized spacial score (nSPS) is 13.9. The van der Waals surface area contributed by atoms with Gasteiger partial charge in [-0.3, -0.25) is 4.79 Å². The summed E-state index contributed by atoms with van der Waals surface area (Å²) in [7, 11) is 3.11. The molecule has 38 heavy (non-hydrogen) atoms. The smallest absolute Gasteiger partial charge is 0.270 e. The molecule has 1 aromatic heterocycles. The number of nitrogens with one attached hydrogen (secondary N) is 1. The van der Waals surface area contributed by atoms with Crippen molar-refractivity contribution in [2.75, 3.05) is 45.3 Å². The summed E-state index contributed by atoms with van der Waals surface area (Å²) in [4.78, 5) is 20.2. The van der Waals surface area contributed by atoms with Crippen molar-refractivity contribution in [2.24, 2.45) is 0 Å². The van der Waals surface area contributed by atoms with Gasteiger partial charge in [0, 0.05) is 37.1 Å². The van der Waals surface area contributed by atoms with Gasteiger partial charge in [-0.1, -0.05) is 38.1 Å². The van der Waals surface area contributed by atoms with E-state index in [-0.39, 0.29) is 23.5 Å². The number of aromatic nitrogens is 1. The lowest BCUT2D eigenvalue weighted by Gasteiger charge is -2.36. The molecule has 8 heteroatoms. The van der Waals surface area contributed by atoms with Crippen LogP contribution in [-0.4, -0.2) is 56.2 Å². The van der Waals surface area contributed by atoms with E-state index in [0.717, 1.165) is 11.1 Å². The predicted molar refractivity (Wildman–Crippen MR) is 145 cm³/mol. The third-order valence-electron chi connectivity index (χ3n) is 7.18. The van der Waals surface area contributed by atoms with Crippen molar-refractivity contribution in [1.82, 2.24) is 9.88 Å². The minimum Gasteiger partial charge on any atom is -0.496 e. The Hall–Kier alpha value is -4.07. The van der Waals surface area contributed by atoms with Crippen LogP contribution in [-0.2, 0) is 0 Å². The predicted octanol–water partition coefficient (Wildman–Crippen LogP) is 6.22. The maximum Gasteiger partial charge on any atom is 0.270 e. The fourth-order valence-electron chi connectivity index (χ4n) is 5.18. The zero-order valence-electron chi connectivity index (χ0n) is 22.0. The summed E-state index contributed by atoms with van der Waals surface area (Å²) in [5, 5.41) is 0.620. The Labute approximate surface area is 220 Å². The van der Waals surface area contributed by atoms with Crippen LogP contribution in [0.5, 0.6) is 11.5 Å². The molecule has 2 heterocycles. The third-order valence-corrected chi connectivity index (χ3v) is 7.18. The van der Waals surface area contributed by atoms with Gasteiger partial charge in [0.25, 0.3) is 5.91 Å². The Morgan fingerprint density at radius 3 is 2.26 bits per heavy atom. The zero-order valence-corrected chi connectivity index (χ0v) is 22.0. The van der Waals surface area contributed by atoms with Gasteiger partial charge in [-0.2, -0.15) is 0 Å². The lowest BCUT2D eigenvalue weighted by atomic mass is 9.93. The Bertz CT molecular complexity index is 1490. The number of hydrogen-bond acceptors (Lipinski definition) is 4. The van der Waals surface area contributed by atoms with Gasteiger partial charge in [0.15, 0.2) is 5.82 Å². The second-order valence-corrected chi connectivity index (χ2v) is 9.72. The number of aromatic amines is 1. The quantitative estimate of drug-likeness (QED) is 0.329. The summed E-state index contributed by atoms with van der Waals surface area (Å²) in [5.41, 5.74) is 3.20. The number of hydrogen-bond donors (Lipinski definition) is 1. The van der Waals surface area contributed by atoms with Crippen molar-refractivity contribution >= 4 is 22.5 Å². The second kappa shape index (κ2) is 10.4. The summed E-state index contributed by atoms with van der Waals surface area (Å²) in [5.74, 6) is 0.130. The van der Waals surface area contributed by atoms with E-state index in [1.807, 2.05) is 49.1 Å². The maximum absolute atomic E-state index is 15.6. The number of para-hydroxylation sites is 2. The molecule has 1 saturated heterocycles. The Morgan fingerprint density at radius 1 is 0.895 bits per heavy atom. The monoisotopic (exact) mass is 519 g/mol. The van der Waals surface area contributed by atoms with E-state index in [9.17, 15) is 9.18 Å². The number of piperazine rings is 1. The summed E-state index contributed by atoms with van der Waals surface area (Å²) < 4.78 is 41.1. The molecule has 1 N–H and O–H groups in total. The number of carbonyl (C=O) groups excluding carboxylic acids is 1. The molecule has 0 atom stereocenters. The van der Waals surface area contributed by atoms with Gasteiger partial charge in [0.05, 0.1) is 19.7 Å². The van der Waals surface area contributed by atoms with Crippen molar-refractivity contribution in [1.29, 1.82) is 0 Å². The van der Waals surface area contributed by atoms with Gasteiger partial charge in [-0.15, -0.1) is 0 Å². The SMILES string of the molecule is COc1ccccc1-c1cc(C(C)C)c(F)c2[nH]c(C(=O)N3CCN(c4c(F)cccc4OC)CC3)cc12. The minimum absolute atomic E-state index is 0.0567. The van der Waals surface area contributed by atoms with E-state index in [4.69, 9.17) is 9.47 Å². The number of rotatable bonds is 6. The summed E-state index contributed by atoms with van der Waals surface area (Å²) in [6.07, 6.45) is 0. The maximum atomic E-state index is 15.6. The first-order valence-corrected chi connectivity index (χ1v) is 12.7. The van der Waals surface area contributed by atoms with Gasteiger partial charge in [-0.25, -0.2) is 8.78 Å². The highest BCUT2D eigenvalue weighted by molar-refractivity contribution is 6.04. The molecule has 4 aromatic rings. The molecule has 0 spiro atoms. The number of halogens is 2. The molecule has 3 aromatic carbocycles. The van der Waals surface area contributed by atoms with Crippen LogP contribution in [0.25, 0.3) is 22.0 Å². The molecule has 1 aliphatic rings. The van der Waals surface area contributed by atoms with Gasteiger partial charge in [0.2, 0.25) is 0 Å². The van der Waals surface area contributed by atoms with Crippen LogP contribution >= 0.6 is 0 Å². The average molecular weight is 520 g/mol. The molecule has 6 nitrogen and oxygen atoms in total. The first-order valence-electron chi connectivity index (χ1n) is 12.7. The highest BCUT2D eigenvalue weighted by Gasteiger charge is 2.28. The van der Waals surface area contributed by atoms with Crippen LogP contribution in [0.4, 0.5) is 14.5 Å². The van der Waals surface area contributed by atoms with Crippen LogP contribution in [0.3, 0.4) is 0 Å². The molecular weight excluding hydrogens is 488 g/mol. The molecule has 0 unspecified atom stereocenters. The van der Waals surface area contributed by atoms with Crippen LogP contribution in [0.15, 0.2) is 54.6 Å². The lowest BCUT2D eigenvalue weighted by Crippen LogP contribution is -2.49. The first kappa shape index (κ1) is 25.6. The standard InChI is InChI=1S/C30H31F2N3O3/c1-18(2)20-16-21(19-8-5-6-10-25(19)37-3)22-17-24(33-28(22)27(20)32)30(36)35-14-12-34(13-15-35)29-23(31)9-7-11-26(29)38-4/h5-11,16-18,33H,12-15H2,1-4H3. The summed E-state index contributed by atoms with van der Waals surface area (Å²) in [6, 6.07) is 15.9. The molecule has 0 bridgehead atoms. The van der Waals surface area contributed by atoms with E-state index >= 15 is 4.39 Å². The molecular formula is C30H31F2N3O3. The Balaban J connectivity index is 1.48. The fourth-order valence-corrected chi connectivity index (χ4v) is 5.18. The Kier molecular flexibility index (Phi) is 6.97. The average Bonchev–Trinajstić information content (AvgIpc) is 3.39. The molecule has 1 amide bonds. The van der Waals surface area contributed by atoms with Gasteiger partial charge in [-0.05, 0) is 47.4 Å². The van der Waals surface area contributed by atoms with Gasteiger partial charge in [0.1, 0.15) is 28.7 Å². The lowest BCUT2D eigenvalue weighted by molar-refractivity contribution is 0.0741. The third kappa shape index (κ3) is 4.44. The van der Waals surface area contributed by atoms with Crippen LogP contribution < -0.4 is 14.4 Å². The number of methoxy groups -OCH3 is 2. The second-order valence-electron chi connectivity index (χ2n) is 9.72.